The third kappa shape index (κ3) is 4.32. The molecule has 0 aliphatic heterocycles. The lowest BCUT2D eigenvalue weighted by atomic mass is 9.81. The van der Waals surface area contributed by atoms with Gasteiger partial charge in [0.2, 0.25) is 0 Å². The minimum Gasteiger partial charge on any atom is -0.465 e. The fourth-order valence-corrected chi connectivity index (χ4v) is 2.56. The summed E-state index contributed by atoms with van der Waals surface area (Å²) in [4.78, 5) is 23.6. The molecule has 0 saturated carbocycles. The lowest BCUT2D eigenvalue weighted by Crippen LogP contribution is -2.36. The molecule has 0 unspecified atom stereocenters. The van der Waals surface area contributed by atoms with Gasteiger partial charge in [-0.25, -0.2) is 0 Å². The van der Waals surface area contributed by atoms with Gasteiger partial charge in [-0.1, -0.05) is 47.6 Å². The van der Waals surface area contributed by atoms with Crippen LogP contribution in [0.2, 0.25) is 0 Å². The first kappa shape index (κ1) is 17.7. The molecule has 0 radical (unpaired) electrons. The van der Waals surface area contributed by atoms with Crippen molar-refractivity contribution in [2.75, 3.05) is 6.61 Å². The summed E-state index contributed by atoms with van der Waals surface area (Å²) in [5, 5.41) is 0. The molecular weight excluding hydrogens is 268 g/mol. The summed E-state index contributed by atoms with van der Waals surface area (Å²) in [5.74, 6) is -0.793. The van der Waals surface area contributed by atoms with E-state index in [1.165, 1.54) is 0 Å². The molecule has 0 aromatic rings. The van der Waals surface area contributed by atoms with Crippen molar-refractivity contribution < 1.29 is 19.1 Å². The van der Waals surface area contributed by atoms with Crippen LogP contribution in [0, 0.1) is 23.2 Å². The van der Waals surface area contributed by atoms with Crippen LogP contribution in [0.3, 0.4) is 0 Å². The number of rotatable bonds is 5. The molecule has 120 valence electrons. The van der Waals surface area contributed by atoms with E-state index in [2.05, 4.69) is 19.9 Å². The molecule has 21 heavy (non-hydrogen) atoms. The number of carbonyl (C=O) groups excluding carboxylic acids is 2. The van der Waals surface area contributed by atoms with Gasteiger partial charge >= 0.3 is 11.9 Å². The number of hydrogen-bond acceptors (Lipinski definition) is 4. The predicted octanol–water partition coefficient (Wildman–Crippen LogP) is 3.36. The fourth-order valence-electron chi connectivity index (χ4n) is 2.56. The van der Waals surface area contributed by atoms with Crippen LogP contribution >= 0.6 is 0 Å². The van der Waals surface area contributed by atoms with Crippen molar-refractivity contribution in [2.24, 2.45) is 23.2 Å². The minimum absolute atomic E-state index is 0.0390. The Kier molecular flexibility index (Phi) is 5.60. The molecule has 0 heterocycles. The van der Waals surface area contributed by atoms with E-state index in [0.29, 0.717) is 0 Å². The molecule has 0 aromatic carbocycles. The highest BCUT2D eigenvalue weighted by atomic mass is 16.6. The zero-order valence-electron chi connectivity index (χ0n) is 14.2. The summed E-state index contributed by atoms with van der Waals surface area (Å²) >= 11 is 0. The zero-order valence-corrected chi connectivity index (χ0v) is 14.2. The highest BCUT2D eigenvalue weighted by Gasteiger charge is 2.44. The zero-order chi connectivity index (χ0) is 16.4. The monoisotopic (exact) mass is 296 g/mol. The molecule has 2 atom stereocenters. The van der Waals surface area contributed by atoms with Gasteiger partial charge in [0.05, 0.1) is 18.4 Å². The summed E-state index contributed by atoms with van der Waals surface area (Å²) in [5.41, 5.74) is 0.864. The molecule has 1 rings (SSSR count). The lowest BCUT2D eigenvalue weighted by molar-refractivity contribution is -0.158. The van der Waals surface area contributed by atoms with E-state index in [1.54, 1.807) is 0 Å². The van der Waals surface area contributed by atoms with Crippen LogP contribution in [0.4, 0.5) is 0 Å². The van der Waals surface area contributed by atoms with Crippen LogP contribution in [-0.4, -0.2) is 24.6 Å². The van der Waals surface area contributed by atoms with Gasteiger partial charge in [0.25, 0.3) is 0 Å². The molecule has 1 aliphatic carbocycles. The van der Waals surface area contributed by atoms with Crippen molar-refractivity contribution in [1.82, 2.24) is 0 Å². The second-order valence-electron chi connectivity index (χ2n) is 7.11. The summed E-state index contributed by atoms with van der Waals surface area (Å²) in [6.07, 6.45) is 1.80. The number of allylic oxidation sites excluding steroid dienone is 1. The SMILES string of the molecule is CC1=CC(C)(C)[C@@H](COC(=O)C(C)C)[C@H]1OC(=O)C(C)C. The topological polar surface area (TPSA) is 52.6 Å². The standard InChI is InChI=1S/C17H28O4/c1-10(2)15(18)20-9-13-14(21-16(19)11(3)4)12(5)8-17(13,6)7/h8,10-11,13-14H,9H2,1-7H3/t13-,14-/m0/s1. The Hall–Kier alpha value is -1.32. The fraction of sp³-hybridized carbons (Fsp3) is 0.765. The molecule has 0 bridgehead atoms. The lowest BCUT2D eigenvalue weighted by Gasteiger charge is -2.31. The largest absolute Gasteiger partial charge is 0.465 e. The van der Waals surface area contributed by atoms with Gasteiger partial charge in [-0.3, -0.25) is 9.59 Å². The van der Waals surface area contributed by atoms with Crippen LogP contribution < -0.4 is 0 Å². The van der Waals surface area contributed by atoms with Crippen molar-refractivity contribution in [3.8, 4) is 0 Å². The number of hydrogen-bond donors (Lipinski definition) is 0. The predicted molar refractivity (Wildman–Crippen MR) is 81.5 cm³/mol. The minimum atomic E-state index is -0.310. The van der Waals surface area contributed by atoms with Gasteiger partial charge in [-0.2, -0.15) is 0 Å². The van der Waals surface area contributed by atoms with Crippen molar-refractivity contribution in [3.63, 3.8) is 0 Å². The van der Waals surface area contributed by atoms with E-state index in [1.807, 2.05) is 34.6 Å². The van der Waals surface area contributed by atoms with E-state index in [-0.39, 0.29) is 47.8 Å². The van der Waals surface area contributed by atoms with Gasteiger partial charge in [-0.15, -0.1) is 0 Å². The van der Waals surface area contributed by atoms with Crippen molar-refractivity contribution >= 4 is 11.9 Å². The van der Waals surface area contributed by atoms with Crippen LogP contribution in [0.25, 0.3) is 0 Å². The molecular formula is C17H28O4. The Bertz CT molecular complexity index is 432. The Labute approximate surface area is 127 Å². The third-order valence-corrected chi connectivity index (χ3v) is 3.96. The smallest absolute Gasteiger partial charge is 0.308 e. The molecule has 1 aliphatic rings. The summed E-state index contributed by atoms with van der Waals surface area (Å²) in [7, 11) is 0. The molecule has 0 saturated heterocycles. The summed E-state index contributed by atoms with van der Waals surface area (Å²) < 4.78 is 11.0. The molecule has 0 aromatic heterocycles. The third-order valence-electron chi connectivity index (χ3n) is 3.96. The molecule has 0 spiro atoms. The Morgan fingerprint density at radius 3 is 2.14 bits per heavy atom. The van der Waals surface area contributed by atoms with Crippen molar-refractivity contribution in [3.05, 3.63) is 11.6 Å². The van der Waals surface area contributed by atoms with Gasteiger partial charge < -0.3 is 9.47 Å². The van der Waals surface area contributed by atoms with E-state index >= 15 is 0 Å². The quantitative estimate of drug-likeness (QED) is 0.576. The molecule has 0 N–H and O–H groups in total. The van der Waals surface area contributed by atoms with Gasteiger partial charge in [0.15, 0.2) is 0 Å². The maximum absolute atomic E-state index is 11.9. The maximum atomic E-state index is 11.9. The van der Waals surface area contributed by atoms with Crippen LogP contribution in [-0.2, 0) is 19.1 Å². The molecule has 4 heteroatoms. The van der Waals surface area contributed by atoms with E-state index in [9.17, 15) is 9.59 Å². The Balaban J connectivity index is 2.81. The number of carbonyl (C=O) groups is 2. The average molecular weight is 296 g/mol. The van der Waals surface area contributed by atoms with Crippen molar-refractivity contribution in [1.29, 1.82) is 0 Å². The van der Waals surface area contributed by atoms with Crippen LogP contribution in [0.5, 0.6) is 0 Å². The first-order chi connectivity index (χ1) is 9.56. The molecule has 0 fully saturated rings. The van der Waals surface area contributed by atoms with Gasteiger partial charge in [0.1, 0.15) is 6.10 Å². The number of ether oxygens (including phenoxy) is 2. The summed E-state index contributed by atoms with van der Waals surface area (Å²) in [6, 6.07) is 0. The van der Waals surface area contributed by atoms with Gasteiger partial charge in [0, 0.05) is 5.92 Å². The van der Waals surface area contributed by atoms with Gasteiger partial charge in [-0.05, 0) is 17.9 Å². The molecule has 0 amide bonds. The highest BCUT2D eigenvalue weighted by molar-refractivity contribution is 5.72. The number of esters is 2. The van der Waals surface area contributed by atoms with Crippen LogP contribution in [0.1, 0.15) is 48.5 Å². The van der Waals surface area contributed by atoms with Crippen molar-refractivity contribution in [2.45, 2.75) is 54.6 Å². The van der Waals surface area contributed by atoms with E-state index in [0.717, 1.165) is 5.57 Å². The van der Waals surface area contributed by atoms with E-state index < -0.39 is 0 Å². The average Bonchev–Trinajstić information content (AvgIpc) is 2.55. The van der Waals surface area contributed by atoms with E-state index in [4.69, 9.17) is 9.47 Å². The highest BCUT2D eigenvalue weighted by Crippen LogP contribution is 2.43. The Morgan fingerprint density at radius 1 is 1.14 bits per heavy atom. The van der Waals surface area contributed by atoms with Crippen LogP contribution in [0.15, 0.2) is 11.6 Å². The Morgan fingerprint density at radius 2 is 1.67 bits per heavy atom. The molecule has 4 nitrogen and oxygen atoms in total. The maximum Gasteiger partial charge on any atom is 0.308 e. The normalized spacial score (nSPS) is 24.1. The first-order valence-electron chi connectivity index (χ1n) is 7.62. The summed E-state index contributed by atoms with van der Waals surface area (Å²) in [6.45, 7) is 13.6. The second-order valence-corrected chi connectivity index (χ2v) is 7.11. The first-order valence-corrected chi connectivity index (χ1v) is 7.62. The second kappa shape index (κ2) is 6.63.